The molecule has 0 aromatic heterocycles. The molecule has 2 aromatic carbocycles. The second kappa shape index (κ2) is 10.1. The van der Waals surface area contributed by atoms with Crippen molar-refractivity contribution in [3.8, 4) is 5.75 Å². The van der Waals surface area contributed by atoms with E-state index in [4.69, 9.17) is 10.5 Å². The van der Waals surface area contributed by atoms with Gasteiger partial charge >= 0.3 is 6.18 Å². The number of rotatable bonds is 10. The van der Waals surface area contributed by atoms with E-state index in [0.717, 1.165) is 18.1 Å². The molecule has 0 aliphatic carbocycles. The first-order valence-electron chi connectivity index (χ1n) is 9.62. The summed E-state index contributed by atoms with van der Waals surface area (Å²) in [4.78, 5) is 0. The van der Waals surface area contributed by atoms with Crippen LogP contribution in [0.5, 0.6) is 5.75 Å². The molecule has 4 N–H and O–H groups in total. The summed E-state index contributed by atoms with van der Waals surface area (Å²) in [7, 11) is 0. The van der Waals surface area contributed by atoms with Crippen LogP contribution in [0.1, 0.15) is 35.6 Å². The van der Waals surface area contributed by atoms with Gasteiger partial charge < -0.3 is 20.7 Å². The molecular formula is C22H28F3NO3. The Morgan fingerprint density at radius 1 is 0.897 bits per heavy atom. The average Bonchev–Trinajstić information content (AvgIpc) is 2.72. The Morgan fingerprint density at radius 3 is 2.03 bits per heavy atom. The predicted octanol–water partition coefficient (Wildman–Crippen LogP) is 3.50. The third-order valence-corrected chi connectivity index (χ3v) is 4.97. The lowest BCUT2D eigenvalue weighted by Gasteiger charge is -2.24. The maximum atomic E-state index is 13.5. The van der Waals surface area contributed by atoms with Crippen molar-refractivity contribution in [2.24, 2.45) is 5.73 Å². The van der Waals surface area contributed by atoms with Gasteiger partial charge in [-0.05, 0) is 48.1 Å². The highest BCUT2D eigenvalue weighted by molar-refractivity contribution is 5.39. The van der Waals surface area contributed by atoms with Crippen molar-refractivity contribution in [3.05, 3.63) is 64.7 Å². The zero-order valence-corrected chi connectivity index (χ0v) is 16.5. The van der Waals surface area contributed by atoms with Crippen LogP contribution in [0.25, 0.3) is 0 Å². The van der Waals surface area contributed by atoms with Crippen molar-refractivity contribution in [2.75, 3.05) is 19.8 Å². The van der Waals surface area contributed by atoms with Gasteiger partial charge in [-0.15, -0.1) is 0 Å². The van der Waals surface area contributed by atoms with Crippen molar-refractivity contribution >= 4 is 0 Å². The molecule has 29 heavy (non-hydrogen) atoms. The number of aliphatic hydroxyl groups is 2. The summed E-state index contributed by atoms with van der Waals surface area (Å²) in [6.45, 7) is 1.29. The fourth-order valence-corrected chi connectivity index (χ4v) is 2.90. The number of aryl methyl sites for hydroxylation is 2. The lowest BCUT2D eigenvalue weighted by molar-refractivity contribution is -0.139. The van der Waals surface area contributed by atoms with Gasteiger partial charge in [0, 0.05) is 6.42 Å². The minimum Gasteiger partial charge on any atom is -0.493 e. The Bertz CT molecular complexity index is 772. The first-order chi connectivity index (χ1) is 13.7. The molecule has 0 fully saturated rings. The zero-order valence-electron chi connectivity index (χ0n) is 16.5. The van der Waals surface area contributed by atoms with Crippen molar-refractivity contribution < 1.29 is 28.1 Å². The zero-order chi connectivity index (χ0) is 21.5. The van der Waals surface area contributed by atoms with Gasteiger partial charge in [-0.1, -0.05) is 37.3 Å². The largest absolute Gasteiger partial charge is 0.493 e. The number of hydrogen-bond acceptors (Lipinski definition) is 4. The van der Waals surface area contributed by atoms with E-state index in [9.17, 15) is 23.4 Å². The molecule has 0 amide bonds. The number of aliphatic hydroxyl groups excluding tert-OH is 2. The molecule has 7 heteroatoms. The van der Waals surface area contributed by atoms with E-state index >= 15 is 0 Å². The van der Waals surface area contributed by atoms with Crippen LogP contribution in [0.15, 0.2) is 42.5 Å². The van der Waals surface area contributed by atoms with Gasteiger partial charge in [-0.3, -0.25) is 0 Å². The van der Waals surface area contributed by atoms with Crippen molar-refractivity contribution in [3.63, 3.8) is 0 Å². The Kier molecular flexibility index (Phi) is 8.07. The molecule has 0 spiro atoms. The monoisotopic (exact) mass is 411 g/mol. The van der Waals surface area contributed by atoms with Gasteiger partial charge in [-0.2, -0.15) is 13.2 Å². The molecule has 0 unspecified atom stereocenters. The van der Waals surface area contributed by atoms with Crippen LogP contribution in [-0.4, -0.2) is 35.6 Å². The number of ether oxygens (including phenoxy) is 1. The second-order valence-electron chi connectivity index (χ2n) is 7.28. The van der Waals surface area contributed by atoms with E-state index < -0.39 is 30.5 Å². The fraction of sp³-hybridized carbons (Fsp3) is 0.455. The molecule has 0 saturated heterocycles. The second-order valence-corrected chi connectivity index (χ2v) is 7.28. The Morgan fingerprint density at radius 2 is 1.48 bits per heavy atom. The Labute approximate surface area is 169 Å². The first kappa shape index (κ1) is 23.2. The van der Waals surface area contributed by atoms with Crippen molar-refractivity contribution in [1.29, 1.82) is 0 Å². The van der Waals surface area contributed by atoms with Gasteiger partial charge in [0.25, 0.3) is 0 Å². The standard InChI is InChI=1S/C22H28F3NO3/c1-2-16-3-5-17(6-4-16)10-12-29-20-8-7-18(13-19(20)22(23,24)25)9-11-21(26,14-27)15-28/h3-8,13,27-28H,2,9-12,14-15,26H2,1H3. The van der Waals surface area contributed by atoms with Gasteiger partial charge in [0.2, 0.25) is 0 Å². The molecule has 0 aliphatic heterocycles. The molecule has 0 aliphatic rings. The van der Waals surface area contributed by atoms with Gasteiger partial charge in [-0.25, -0.2) is 0 Å². The minimum absolute atomic E-state index is 0.134. The third-order valence-electron chi connectivity index (χ3n) is 4.97. The van der Waals surface area contributed by atoms with Crippen LogP contribution in [0.3, 0.4) is 0 Å². The summed E-state index contributed by atoms with van der Waals surface area (Å²) in [6.07, 6.45) is -2.76. The Balaban J connectivity index is 2.06. The van der Waals surface area contributed by atoms with E-state index in [-0.39, 0.29) is 25.2 Å². The van der Waals surface area contributed by atoms with Crippen LogP contribution < -0.4 is 10.5 Å². The number of nitrogens with two attached hydrogens (primary N) is 1. The van der Waals surface area contributed by atoms with Gasteiger partial charge in [0.15, 0.2) is 0 Å². The number of alkyl halides is 3. The van der Waals surface area contributed by atoms with Gasteiger partial charge in [0.05, 0.1) is 30.9 Å². The van der Waals surface area contributed by atoms with Crippen LogP contribution in [0, 0.1) is 0 Å². The summed E-state index contributed by atoms with van der Waals surface area (Å²) < 4.78 is 45.9. The molecule has 2 rings (SSSR count). The molecule has 0 saturated carbocycles. The van der Waals surface area contributed by atoms with Crippen LogP contribution in [-0.2, 0) is 25.4 Å². The molecular weight excluding hydrogens is 383 g/mol. The SMILES string of the molecule is CCc1ccc(CCOc2ccc(CCC(N)(CO)CO)cc2C(F)(F)F)cc1. The predicted molar refractivity (Wildman–Crippen MR) is 106 cm³/mol. The number of halogens is 3. The maximum absolute atomic E-state index is 13.5. The summed E-state index contributed by atoms with van der Waals surface area (Å²) >= 11 is 0. The van der Waals surface area contributed by atoms with Crippen LogP contribution in [0.4, 0.5) is 13.2 Å². The quantitative estimate of drug-likeness (QED) is 0.559. The van der Waals surface area contributed by atoms with E-state index in [0.29, 0.717) is 12.0 Å². The van der Waals surface area contributed by atoms with Crippen LogP contribution >= 0.6 is 0 Å². The lowest BCUT2D eigenvalue weighted by atomic mass is 9.93. The van der Waals surface area contributed by atoms with E-state index in [1.807, 2.05) is 24.3 Å². The molecule has 4 nitrogen and oxygen atoms in total. The van der Waals surface area contributed by atoms with E-state index in [2.05, 4.69) is 6.92 Å². The molecule has 160 valence electrons. The molecule has 0 heterocycles. The van der Waals surface area contributed by atoms with Gasteiger partial charge in [0.1, 0.15) is 5.75 Å². The summed E-state index contributed by atoms with van der Waals surface area (Å²) in [6, 6.07) is 11.8. The van der Waals surface area contributed by atoms with E-state index in [1.165, 1.54) is 11.6 Å². The highest BCUT2D eigenvalue weighted by Crippen LogP contribution is 2.37. The first-order valence-corrected chi connectivity index (χ1v) is 9.62. The number of benzene rings is 2. The highest BCUT2D eigenvalue weighted by atomic mass is 19.4. The van der Waals surface area contributed by atoms with Crippen molar-refractivity contribution in [2.45, 2.75) is 44.3 Å². The average molecular weight is 411 g/mol. The third kappa shape index (κ3) is 6.73. The molecule has 0 radical (unpaired) electrons. The smallest absolute Gasteiger partial charge is 0.419 e. The molecule has 0 atom stereocenters. The van der Waals surface area contributed by atoms with E-state index in [1.54, 1.807) is 6.07 Å². The molecule has 2 aromatic rings. The lowest BCUT2D eigenvalue weighted by Crippen LogP contribution is -2.47. The minimum atomic E-state index is -4.55. The topological polar surface area (TPSA) is 75.7 Å². The summed E-state index contributed by atoms with van der Waals surface area (Å²) in [5.74, 6) is -0.213. The van der Waals surface area contributed by atoms with Crippen LogP contribution in [0.2, 0.25) is 0 Å². The summed E-state index contributed by atoms with van der Waals surface area (Å²) in [5.41, 5.74) is 6.34. The normalized spacial score (nSPS) is 12.2. The maximum Gasteiger partial charge on any atom is 0.419 e. The summed E-state index contributed by atoms with van der Waals surface area (Å²) in [5, 5.41) is 18.5. The Hall–Kier alpha value is -2.09. The van der Waals surface area contributed by atoms with Crippen molar-refractivity contribution in [1.82, 2.24) is 0 Å². The molecule has 0 bridgehead atoms. The fourth-order valence-electron chi connectivity index (χ4n) is 2.90. The number of hydrogen-bond donors (Lipinski definition) is 3. The highest BCUT2D eigenvalue weighted by Gasteiger charge is 2.35.